The summed E-state index contributed by atoms with van der Waals surface area (Å²) in [4.78, 5) is 42.4. The van der Waals surface area contributed by atoms with Crippen LogP contribution in [0.4, 0.5) is 10.5 Å². The van der Waals surface area contributed by atoms with Gasteiger partial charge in [-0.25, -0.2) is 9.59 Å². The Morgan fingerprint density at radius 3 is 2.62 bits per heavy atom. The van der Waals surface area contributed by atoms with Crippen LogP contribution in [0.2, 0.25) is 0 Å². The van der Waals surface area contributed by atoms with Gasteiger partial charge in [0, 0.05) is 18.8 Å². The molecule has 4 saturated carbocycles. The van der Waals surface area contributed by atoms with Gasteiger partial charge < -0.3 is 26.1 Å². The summed E-state index contributed by atoms with van der Waals surface area (Å²) in [7, 11) is 0. The molecule has 3 atom stereocenters. The van der Waals surface area contributed by atoms with Crippen molar-refractivity contribution in [2.45, 2.75) is 50.7 Å². The maximum atomic E-state index is 13.1. The molecule has 9 heteroatoms. The van der Waals surface area contributed by atoms with Gasteiger partial charge in [0.25, 0.3) is 0 Å². The largest absolute Gasteiger partial charge is 0.446 e. The second kappa shape index (κ2) is 6.76. The zero-order valence-electron chi connectivity index (χ0n) is 18.0. The third-order valence-corrected chi connectivity index (χ3v) is 8.47. The highest BCUT2D eigenvalue weighted by atomic mass is 16.6. The number of likely N-dealkylation sites (tertiary alicyclic amines) is 1. The van der Waals surface area contributed by atoms with E-state index in [1.807, 2.05) is 6.07 Å². The van der Waals surface area contributed by atoms with Gasteiger partial charge in [0.2, 0.25) is 5.91 Å². The lowest BCUT2D eigenvalue weighted by Gasteiger charge is -2.58. The van der Waals surface area contributed by atoms with Crippen LogP contribution in [-0.2, 0) is 9.53 Å². The van der Waals surface area contributed by atoms with Crippen LogP contribution in [0, 0.1) is 23.2 Å². The number of H-pyrrole nitrogens is 1. The molecule has 5 N–H and O–H groups in total. The Kier molecular flexibility index (Phi) is 4.16. The number of carbonyl (C=O) groups is 2. The number of nitrogen functional groups attached to an aromatic ring is 1. The van der Waals surface area contributed by atoms with E-state index in [0.717, 1.165) is 37.6 Å². The van der Waals surface area contributed by atoms with Crippen LogP contribution in [0.1, 0.15) is 44.6 Å². The molecule has 2 heterocycles. The smallest absolute Gasteiger partial charge is 0.410 e. The molecule has 170 valence electrons. The van der Waals surface area contributed by atoms with Gasteiger partial charge in [0.05, 0.1) is 22.5 Å². The van der Waals surface area contributed by atoms with Crippen molar-refractivity contribution in [1.29, 1.82) is 0 Å². The summed E-state index contributed by atoms with van der Waals surface area (Å²) >= 11 is 0. The minimum absolute atomic E-state index is 0.107. The van der Waals surface area contributed by atoms with Crippen LogP contribution < -0.4 is 17.2 Å². The highest BCUT2D eigenvalue weighted by molar-refractivity contribution is 5.81. The van der Waals surface area contributed by atoms with Crippen molar-refractivity contribution in [2.75, 3.05) is 18.8 Å². The lowest BCUT2D eigenvalue weighted by molar-refractivity contribution is -0.161. The first-order valence-electron chi connectivity index (χ1n) is 11.6. The van der Waals surface area contributed by atoms with Crippen LogP contribution in [0.25, 0.3) is 11.0 Å². The number of fused-ring (bicyclic) bond motifs is 1. The minimum Gasteiger partial charge on any atom is -0.446 e. The number of nitrogens with zero attached hydrogens (tertiary/aromatic N) is 2. The van der Waals surface area contributed by atoms with Crippen LogP contribution in [0.5, 0.6) is 0 Å². The van der Waals surface area contributed by atoms with E-state index < -0.39 is 5.41 Å². The van der Waals surface area contributed by atoms with Gasteiger partial charge in [-0.1, -0.05) is 0 Å². The standard InChI is InChI=1S/C23H29N5O4/c24-15-1-2-18-17(7-15)26-21(30)28(18)16-3-4-27(11-16)22(31)32-19-13-5-12-6-14(19)10-23(8-12,9-13)20(25)29/h1-2,7,12-14,16,19H,3-6,8-11,24H2,(H2,25,29)(H,26,30)/t12?,13?,14?,16-,19-,23-/m0/s1. The Balaban J connectivity index is 1.16. The second-order valence-electron chi connectivity index (χ2n) is 10.4. The molecule has 32 heavy (non-hydrogen) atoms. The minimum atomic E-state index is -0.391. The van der Waals surface area contributed by atoms with E-state index >= 15 is 0 Å². The Bertz CT molecular complexity index is 1150. The number of carbonyl (C=O) groups excluding carboxylic acids is 2. The summed E-state index contributed by atoms with van der Waals surface area (Å²) in [5.41, 5.74) is 13.1. The lowest BCUT2D eigenvalue weighted by atomic mass is 9.48. The van der Waals surface area contributed by atoms with E-state index in [1.54, 1.807) is 21.6 Å². The van der Waals surface area contributed by atoms with E-state index in [0.29, 0.717) is 36.6 Å². The average Bonchev–Trinajstić information content (AvgIpc) is 3.33. The Hall–Kier alpha value is -2.97. The molecular weight excluding hydrogens is 410 g/mol. The summed E-state index contributed by atoms with van der Waals surface area (Å²) in [6.45, 7) is 0.986. The SMILES string of the molecule is Nc1ccc2c(c1)[nH]c(=O)n2[C@H]1CCN(C(=O)O[C@H]2C3CC4CC2C[C@](C(N)=O)(C4)C3)C1. The first kappa shape index (κ1) is 19.7. The van der Waals surface area contributed by atoms with Crippen molar-refractivity contribution in [1.82, 2.24) is 14.5 Å². The summed E-state index contributed by atoms with van der Waals surface area (Å²) in [6.07, 6.45) is 4.65. The number of rotatable bonds is 3. The molecular formula is C23H29N5O4. The first-order valence-corrected chi connectivity index (χ1v) is 11.6. The number of nitrogens with two attached hydrogens (primary N) is 2. The topological polar surface area (TPSA) is 136 Å². The zero-order valence-corrected chi connectivity index (χ0v) is 18.0. The zero-order chi connectivity index (χ0) is 22.2. The molecule has 7 rings (SSSR count). The molecule has 5 aliphatic rings. The van der Waals surface area contributed by atoms with Gasteiger partial charge in [-0.2, -0.15) is 0 Å². The van der Waals surface area contributed by atoms with Crippen LogP contribution >= 0.6 is 0 Å². The van der Waals surface area contributed by atoms with E-state index in [4.69, 9.17) is 16.2 Å². The number of anilines is 1. The van der Waals surface area contributed by atoms with Gasteiger partial charge in [0.1, 0.15) is 6.10 Å². The second-order valence-corrected chi connectivity index (χ2v) is 10.4. The molecule has 5 fully saturated rings. The third kappa shape index (κ3) is 2.86. The number of amides is 2. The number of ether oxygens (including phenoxy) is 1. The van der Waals surface area contributed by atoms with Gasteiger partial charge >= 0.3 is 11.8 Å². The number of aromatic nitrogens is 2. The van der Waals surface area contributed by atoms with Gasteiger partial charge in [-0.15, -0.1) is 0 Å². The molecule has 1 aromatic carbocycles. The Morgan fingerprint density at radius 1 is 1.16 bits per heavy atom. The molecule has 1 saturated heterocycles. The maximum Gasteiger partial charge on any atom is 0.410 e. The molecule has 9 nitrogen and oxygen atoms in total. The highest BCUT2D eigenvalue weighted by Crippen LogP contribution is 2.60. The first-order chi connectivity index (χ1) is 15.3. The number of nitrogens with one attached hydrogen (secondary N) is 1. The average molecular weight is 440 g/mol. The van der Waals surface area contributed by atoms with E-state index in [-0.39, 0.29) is 41.7 Å². The number of hydrogen-bond donors (Lipinski definition) is 3. The summed E-state index contributed by atoms with van der Waals surface area (Å²) < 4.78 is 7.78. The van der Waals surface area contributed by atoms with Gasteiger partial charge in [-0.05, 0) is 74.5 Å². The number of primary amides is 1. The van der Waals surface area contributed by atoms with Crippen molar-refractivity contribution in [3.05, 3.63) is 28.7 Å². The number of imidazole rings is 1. The maximum absolute atomic E-state index is 13.1. The third-order valence-electron chi connectivity index (χ3n) is 8.47. The monoisotopic (exact) mass is 439 g/mol. The number of benzene rings is 1. The predicted octanol–water partition coefficient (Wildman–Crippen LogP) is 1.98. The molecule has 2 amide bonds. The summed E-state index contributed by atoms with van der Waals surface area (Å²) in [6, 6.07) is 5.26. The molecule has 1 aliphatic heterocycles. The molecule has 2 aromatic rings. The van der Waals surface area contributed by atoms with Crippen molar-refractivity contribution < 1.29 is 14.3 Å². The molecule has 0 spiro atoms. The predicted molar refractivity (Wildman–Crippen MR) is 118 cm³/mol. The van der Waals surface area contributed by atoms with Crippen LogP contribution in [0.15, 0.2) is 23.0 Å². The molecule has 1 aromatic heterocycles. The van der Waals surface area contributed by atoms with Gasteiger partial charge in [-0.3, -0.25) is 9.36 Å². The fourth-order valence-corrected chi connectivity index (χ4v) is 7.29. The van der Waals surface area contributed by atoms with E-state index in [2.05, 4.69) is 4.98 Å². The number of hydrogen-bond acceptors (Lipinski definition) is 5. The Labute approximate surface area is 185 Å². The Morgan fingerprint density at radius 2 is 1.91 bits per heavy atom. The van der Waals surface area contributed by atoms with Gasteiger partial charge in [0.15, 0.2) is 0 Å². The van der Waals surface area contributed by atoms with E-state index in [1.165, 1.54) is 0 Å². The van der Waals surface area contributed by atoms with E-state index in [9.17, 15) is 14.4 Å². The van der Waals surface area contributed by atoms with Crippen LogP contribution in [0.3, 0.4) is 0 Å². The lowest BCUT2D eigenvalue weighted by Crippen LogP contribution is -2.59. The summed E-state index contributed by atoms with van der Waals surface area (Å²) in [5.74, 6) is 0.777. The van der Waals surface area contributed by atoms with Crippen molar-refractivity contribution in [2.24, 2.45) is 28.9 Å². The van der Waals surface area contributed by atoms with Crippen LogP contribution in [-0.4, -0.2) is 45.6 Å². The molecule has 4 bridgehead atoms. The highest BCUT2D eigenvalue weighted by Gasteiger charge is 2.59. The molecule has 0 radical (unpaired) electrons. The van der Waals surface area contributed by atoms with Crippen molar-refractivity contribution in [3.8, 4) is 0 Å². The quantitative estimate of drug-likeness (QED) is 0.628. The summed E-state index contributed by atoms with van der Waals surface area (Å²) in [5, 5.41) is 0. The fraction of sp³-hybridized carbons (Fsp3) is 0.609. The number of aromatic amines is 1. The molecule has 4 aliphatic carbocycles. The normalized spacial score (nSPS) is 35.5. The fourth-order valence-electron chi connectivity index (χ4n) is 7.29. The molecule has 2 unspecified atom stereocenters. The van der Waals surface area contributed by atoms with Crippen molar-refractivity contribution >= 4 is 28.7 Å². The van der Waals surface area contributed by atoms with Crippen molar-refractivity contribution in [3.63, 3.8) is 0 Å².